The Balaban J connectivity index is 2.26. The molecule has 1 aromatic heterocycles. The Morgan fingerprint density at radius 3 is 3.05 bits per heavy atom. The maximum atomic E-state index is 11.5. The van der Waals surface area contributed by atoms with Crippen LogP contribution in [0.5, 0.6) is 0 Å². The van der Waals surface area contributed by atoms with Crippen molar-refractivity contribution in [3.63, 3.8) is 0 Å². The van der Waals surface area contributed by atoms with Crippen LogP contribution in [-0.2, 0) is 9.47 Å². The van der Waals surface area contributed by atoms with Crippen LogP contribution >= 0.6 is 0 Å². The quantitative estimate of drug-likeness (QED) is 0.767. The third-order valence-electron chi connectivity index (χ3n) is 3.25. The van der Waals surface area contributed by atoms with Crippen LogP contribution in [0.15, 0.2) is 12.4 Å². The van der Waals surface area contributed by atoms with Crippen LogP contribution in [0.4, 0.5) is 5.82 Å². The Labute approximate surface area is 112 Å². The molecule has 2 unspecified atom stereocenters. The summed E-state index contributed by atoms with van der Waals surface area (Å²) in [7, 11) is 1.34. The third-order valence-corrected chi connectivity index (χ3v) is 3.25. The van der Waals surface area contributed by atoms with Gasteiger partial charge in [-0.25, -0.2) is 9.78 Å². The standard InChI is InChI=1S/C13H19N3O3/c1-4-10-8-19-9(2)7-16(10)12-6-14-5-11(15-12)13(17)18-3/h5-6,9-10H,4,7-8H2,1-3H3. The highest BCUT2D eigenvalue weighted by Gasteiger charge is 2.27. The molecule has 0 amide bonds. The third kappa shape index (κ3) is 3.01. The molecule has 0 aromatic carbocycles. The molecule has 0 N–H and O–H groups in total. The average molecular weight is 265 g/mol. The largest absolute Gasteiger partial charge is 0.464 e. The van der Waals surface area contributed by atoms with Crippen LogP contribution < -0.4 is 4.90 Å². The van der Waals surface area contributed by atoms with Crippen molar-refractivity contribution in [3.05, 3.63) is 18.1 Å². The summed E-state index contributed by atoms with van der Waals surface area (Å²) in [6, 6.07) is 0.262. The van der Waals surface area contributed by atoms with E-state index in [1.165, 1.54) is 13.3 Å². The molecule has 1 aliphatic rings. The van der Waals surface area contributed by atoms with Crippen molar-refractivity contribution in [1.29, 1.82) is 0 Å². The zero-order chi connectivity index (χ0) is 13.8. The molecule has 2 atom stereocenters. The number of anilines is 1. The Morgan fingerprint density at radius 1 is 1.58 bits per heavy atom. The zero-order valence-electron chi connectivity index (χ0n) is 11.5. The molecule has 1 aliphatic heterocycles. The van der Waals surface area contributed by atoms with Crippen molar-refractivity contribution in [1.82, 2.24) is 9.97 Å². The second-order valence-corrected chi connectivity index (χ2v) is 4.61. The fourth-order valence-corrected chi connectivity index (χ4v) is 2.16. The van der Waals surface area contributed by atoms with E-state index >= 15 is 0 Å². The van der Waals surface area contributed by atoms with E-state index in [4.69, 9.17) is 4.74 Å². The minimum absolute atomic E-state index is 0.145. The first-order chi connectivity index (χ1) is 9.15. The number of hydrogen-bond donors (Lipinski definition) is 0. The van der Waals surface area contributed by atoms with Crippen LogP contribution in [0.1, 0.15) is 30.8 Å². The van der Waals surface area contributed by atoms with Crippen molar-refractivity contribution in [3.8, 4) is 0 Å². The van der Waals surface area contributed by atoms with Crippen LogP contribution in [0.2, 0.25) is 0 Å². The second kappa shape index (κ2) is 5.97. The molecule has 0 spiro atoms. The molecule has 0 saturated carbocycles. The van der Waals surface area contributed by atoms with Gasteiger partial charge >= 0.3 is 5.97 Å². The van der Waals surface area contributed by atoms with Gasteiger partial charge in [0, 0.05) is 6.54 Å². The summed E-state index contributed by atoms with van der Waals surface area (Å²) in [5, 5.41) is 0. The Hall–Kier alpha value is -1.69. The number of ether oxygens (including phenoxy) is 2. The topological polar surface area (TPSA) is 64.5 Å². The highest BCUT2D eigenvalue weighted by Crippen LogP contribution is 2.21. The molecule has 1 saturated heterocycles. The summed E-state index contributed by atoms with van der Waals surface area (Å²) in [5.74, 6) is 0.230. The van der Waals surface area contributed by atoms with Gasteiger partial charge in [0.25, 0.3) is 0 Å². The SMILES string of the molecule is CCC1COC(C)CN1c1cncc(C(=O)OC)n1. The van der Waals surface area contributed by atoms with E-state index in [2.05, 4.69) is 26.5 Å². The highest BCUT2D eigenvalue weighted by atomic mass is 16.5. The molecule has 6 nitrogen and oxygen atoms in total. The van der Waals surface area contributed by atoms with Crippen LogP contribution in [-0.4, -0.2) is 48.3 Å². The van der Waals surface area contributed by atoms with E-state index in [1.807, 2.05) is 6.92 Å². The fraction of sp³-hybridized carbons (Fsp3) is 0.615. The van der Waals surface area contributed by atoms with Gasteiger partial charge < -0.3 is 14.4 Å². The molecule has 2 heterocycles. The monoisotopic (exact) mass is 265 g/mol. The van der Waals surface area contributed by atoms with Gasteiger partial charge in [-0.1, -0.05) is 6.92 Å². The summed E-state index contributed by atoms with van der Waals surface area (Å²) in [6.07, 6.45) is 4.19. The smallest absolute Gasteiger partial charge is 0.358 e. The Bertz CT molecular complexity index is 453. The first-order valence-corrected chi connectivity index (χ1v) is 6.44. The lowest BCUT2D eigenvalue weighted by molar-refractivity contribution is 0.0295. The van der Waals surface area contributed by atoms with Gasteiger partial charge in [0.2, 0.25) is 0 Å². The molecule has 0 bridgehead atoms. The van der Waals surface area contributed by atoms with Gasteiger partial charge in [-0.3, -0.25) is 4.98 Å². The Morgan fingerprint density at radius 2 is 2.37 bits per heavy atom. The number of carbonyl (C=O) groups excluding carboxylic acids is 1. The molecule has 2 rings (SSSR count). The van der Waals surface area contributed by atoms with Crippen LogP contribution in [0.25, 0.3) is 0 Å². The van der Waals surface area contributed by atoms with Crippen LogP contribution in [0.3, 0.4) is 0 Å². The summed E-state index contributed by atoms with van der Waals surface area (Å²) in [4.78, 5) is 22.1. The minimum atomic E-state index is -0.469. The molecular weight excluding hydrogens is 246 g/mol. The molecule has 1 fully saturated rings. The molecule has 1 aromatic rings. The van der Waals surface area contributed by atoms with E-state index in [0.29, 0.717) is 12.4 Å². The van der Waals surface area contributed by atoms with E-state index in [1.54, 1.807) is 6.20 Å². The number of esters is 1. The van der Waals surface area contributed by atoms with Crippen LogP contribution in [0, 0.1) is 0 Å². The summed E-state index contributed by atoms with van der Waals surface area (Å²) >= 11 is 0. The number of aromatic nitrogens is 2. The molecular formula is C13H19N3O3. The first-order valence-electron chi connectivity index (χ1n) is 6.44. The molecule has 19 heavy (non-hydrogen) atoms. The van der Waals surface area contributed by atoms with Crippen molar-refractivity contribution in [2.75, 3.05) is 25.2 Å². The minimum Gasteiger partial charge on any atom is -0.464 e. The van der Waals surface area contributed by atoms with Gasteiger partial charge in [-0.2, -0.15) is 0 Å². The van der Waals surface area contributed by atoms with Crippen molar-refractivity contribution < 1.29 is 14.3 Å². The van der Waals surface area contributed by atoms with Gasteiger partial charge in [-0.05, 0) is 13.3 Å². The van der Waals surface area contributed by atoms with E-state index in [9.17, 15) is 4.79 Å². The van der Waals surface area contributed by atoms with Gasteiger partial charge in [0.15, 0.2) is 5.69 Å². The second-order valence-electron chi connectivity index (χ2n) is 4.61. The van der Waals surface area contributed by atoms with Crippen molar-refractivity contribution >= 4 is 11.8 Å². The summed E-state index contributed by atoms with van der Waals surface area (Å²) in [6.45, 7) is 5.55. The van der Waals surface area contributed by atoms with Gasteiger partial charge in [0.1, 0.15) is 5.82 Å². The lowest BCUT2D eigenvalue weighted by Crippen LogP contribution is -2.49. The average Bonchev–Trinajstić information content (AvgIpc) is 2.46. The maximum Gasteiger partial charge on any atom is 0.358 e. The van der Waals surface area contributed by atoms with Crippen molar-refractivity contribution in [2.24, 2.45) is 0 Å². The highest BCUT2D eigenvalue weighted by molar-refractivity contribution is 5.87. The van der Waals surface area contributed by atoms with E-state index < -0.39 is 5.97 Å². The summed E-state index contributed by atoms with van der Waals surface area (Å²) < 4.78 is 10.3. The van der Waals surface area contributed by atoms with E-state index in [0.717, 1.165) is 13.0 Å². The fourth-order valence-electron chi connectivity index (χ4n) is 2.16. The summed E-state index contributed by atoms with van der Waals surface area (Å²) in [5.41, 5.74) is 0.231. The number of methoxy groups -OCH3 is 1. The predicted octanol–water partition coefficient (Wildman–Crippen LogP) is 1.27. The first kappa shape index (κ1) is 13.7. The zero-order valence-corrected chi connectivity index (χ0v) is 11.5. The molecule has 6 heteroatoms. The lowest BCUT2D eigenvalue weighted by Gasteiger charge is -2.38. The number of morpholine rings is 1. The van der Waals surface area contributed by atoms with Gasteiger partial charge in [0.05, 0.1) is 38.3 Å². The number of hydrogen-bond acceptors (Lipinski definition) is 6. The molecule has 0 aliphatic carbocycles. The predicted molar refractivity (Wildman–Crippen MR) is 70.2 cm³/mol. The molecule has 104 valence electrons. The normalized spacial score (nSPS) is 23.2. The number of rotatable bonds is 3. The maximum absolute atomic E-state index is 11.5. The number of carbonyl (C=O) groups is 1. The van der Waals surface area contributed by atoms with E-state index in [-0.39, 0.29) is 17.8 Å². The Kier molecular flexibility index (Phi) is 4.31. The number of nitrogens with zero attached hydrogens (tertiary/aromatic N) is 3. The lowest BCUT2D eigenvalue weighted by atomic mass is 10.1. The van der Waals surface area contributed by atoms with Crippen molar-refractivity contribution in [2.45, 2.75) is 32.4 Å². The van der Waals surface area contributed by atoms with Gasteiger partial charge in [-0.15, -0.1) is 0 Å². The molecule has 0 radical (unpaired) electrons.